The highest BCUT2D eigenvalue weighted by molar-refractivity contribution is 9.10. The Hall–Kier alpha value is -3.04. The Morgan fingerprint density at radius 2 is 1.94 bits per heavy atom. The monoisotopic (exact) mass is 546 g/mol. The minimum absolute atomic E-state index is 0.00279. The van der Waals surface area contributed by atoms with E-state index in [0.717, 1.165) is 22.0 Å². The largest absolute Gasteiger partial charge is 0.495 e. The van der Waals surface area contributed by atoms with Gasteiger partial charge in [-0.3, -0.25) is 9.78 Å². The molecule has 1 amide bonds. The number of halogens is 3. The Morgan fingerprint density at radius 3 is 2.54 bits per heavy atom. The number of carbonyl (C=O) groups excluding carboxylic acids is 1. The second-order valence-corrected chi connectivity index (χ2v) is 9.25. The van der Waals surface area contributed by atoms with Gasteiger partial charge in [0.05, 0.1) is 31.6 Å². The minimum Gasteiger partial charge on any atom is -0.495 e. The molecule has 2 heterocycles. The molecule has 0 spiro atoms. The topological polar surface area (TPSA) is 80.7 Å². The number of nitrogens with zero attached hydrogens (tertiary/aromatic N) is 1. The predicted molar refractivity (Wildman–Crippen MR) is 130 cm³/mol. The van der Waals surface area contributed by atoms with Crippen LogP contribution < -0.4 is 14.8 Å². The lowest BCUT2D eigenvalue weighted by Gasteiger charge is -2.40. The molecule has 2 N–H and O–H groups in total. The summed E-state index contributed by atoms with van der Waals surface area (Å²) in [6.07, 6.45) is 2.51. The number of hydrogen-bond donors (Lipinski definition) is 2. The first-order valence-corrected chi connectivity index (χ1v) is 11.9. The van der Waals surface area contributed by atoms with Crippen molar-refractivity contribution in [3.8, 4) is 11.5 Å². The number of methoxy groups -OCH3 is 1. The Morgan fingerprint density at radius 1 is 1.23 bits per heavy atom. The molecule has 1 fully saturated rings. The van der Waals surface area contributed by atoms with Crippen LogP contribution >= 0.6 is 15.9 Å². The summed E-state index contributed by atoms with van der Waals surface area (Å²) < 4.78 is 35.2. The molecule has 35 heavy (non-hydrogen) atoms. The van der Waals surface area contributed by atoms with Gasteiger partial charge in [0, 0.05) is 10.4 Å². The average Bonchev–Trinajstić information content (AvgIpc) is 3.31. The van der Waals surface area contributed by atoms with Gasteiger partial charge in [-0.15, -0.1) is 0 Å². The average molecular weight is 547 g/mol. The fourth-order valence-corrected chi connectivity index (χ4v) is 5.42. The minimum atomic E-state index is -2.44. The first-order chi connectivity index (χ1) is 16.9. The van der Waals surface area contributed by atoms with Gasteiger partial charge in [-0.25, -0.2) is 8.78 Å². The lowest BCUT2D eigenvalue weighted by molar-refractivity contribution is -0.110. The number of carbonyl (C=O) groups is 1. The lowest BCUT2D eigenvalue weighted by Crippen LogP contribution is -2.48. The van der Waals surface area contributed by atoms with Crippen LogP contribution in [0.25, 0.3) is 0 Å². The van der Waals surface area contributed by atoms with E-state index >= 15 is 0 Å². The molecular weight excluding hydrogens is 522 g/mol. The summed E-state index contributed by atoms with van der Waals surface area (Å²) >= 11 is 3.52. The van der Waals surface area contributed by atoms with Crippen molar-refractivity contribution in [2.75, 3.05) is 13.7 Å². The van der Waals surface area contributed by atoms with E-state index in [1.807, 2.05) is 47.8 Å². The van der Waals surface area contributed by atoms with Crippen LogP contribution in [0.5, 0.6) is 11.5 Å². The summed E-state index contributed by atoms with van der Waals surface area (Å²) in [5.41, 5.74) is 0.661. The van der Waals surface area contributed by atoms with Crippen molar-refractivity contribution in [3.63, 3.8) is 0 Å². The van der Waals surface area contributed by atoms with E-state index in [9.17, 15) is 18.7 Å². The third-order valence-electron chi connectivity index (χ3n) is 6.51. The second kappa shape index (κ2) is 10.3. The Balaban J connectivity index is 0.000000364. The molecule has 0 radical (unpaired) electrons. The van der Waals surface area contributed by atoms with Gasteiger partial charge in [0.2, 0.25) is 6.41 Å². The van der Waals surface area contributed by atoms with Crippen LogP contribution in [0.15, 0.2) is 71.5 Å². The summed E-state index contributed by atoms with van der Waals surface area (Å²) in [7, 11) is 1.60. The van der Waals surface area contributed by atoms with Gasteiger partial charge in [-0.2, -0.15) is 0 Å². The van der Waals surface area contributed by atoms with Crippen molar-refractivity contribution in [2.45, 2.75) is 36.4 Å². The second-order valence-electron chi connectivity index (χ2n) is 8.34. The molecule has 1 aliphatic heterocycles. The van der Waals surface area contributed by atoms with E-state index in [-0.39, 0.29) is 12.3 Å². The number of benzene rings is 2. The van der Waals surface area contributed by atoms with Crippen LogP contribution in [0.3, 0.4) is 0 Å². The Kier molecular flexibility index (Phi) is 7.37. The summed E-state index contributed by atoms with van der Waals surface area (Å²) in [6.45, 7) is -0.552. The van der Waals surface area contributed by atoms with Crippen molar-refractivity contribution in [2.24, 2.45) is 0 Å². The SMILES string of the molecule is COc1cncc2c1C1(O)CCC(c3ccccc3)C1(c1ccc(Br)cc1)O2.O=CNCC(F)F. The molecular formula is C26H25BrF2N2O4. The van der Waals surface area contributed by atoms with E-state index in [4.69, 9.17) is 9.47 Å². The third-order valence-corrected chi connectivity index (χ3v) is 7.04. The van der Waals surface area contributed by atoms with Crippen molar-refractivity contribution in [3.05, 3.63) is 88.2 Å². The van der Waals surface area contributed by atoms with E-state index in [0.29, 0.717) is 23.5 Å². The summed E-state index contributed by atoms with van der Waals surface area (Å²) in [6, 6.07) is 18.3. The molecule has 6 nitrogen and oxygen atoms in total. The van der Waals surface area contributed by atoms with Crippen LogP contribution in [0.4, 0.5) is 8.78 Å². The number of ether oxygens (including phenoxy) is 2. The van der Waals surface area contributed by atoms with E-state index in [2.05, 4.69) is 33.0 Å². The summed E-state index contributed by atoms with van der Waals surface area (Å²) in [5, 5.41) is 14.0. The van der Waals surface area contributed by atoms with Crippen LogP contribution in [-0.2, 0) is 16.0 Å². The molecule has 184 valence electrons. The smallest absolute Gasteiger partial charge is 0.255 e. The number of fused-ring (bicyclic) bond motifs is 3. The molecule has 1 aromatic heterocycles. The third kappa shape index (κ3) is 4.38. The molecule has 0 saturated heterocycles. The zero-order valence-corrected chi connectivity index (χ0v) is 20.5. The Bertz CT molecular complexity index is 1170. The molecule has 9 heteroatoms. The molecule has 1 saturated carbocycles. The molecule has 3 unspecified atom stereocenters. The molecule has 0 bridgehead atoms. The highest BCUT2D eigenvalue weighted by atomic mass is 79.9. The maximum atomic E-state index is 12.2. The standard InChI is InChI=1S/C23H20BrNO3.C3H5F2NO/c1-27-19-13-25-14-20-21(19)22(26)12-11-18(15-5-3-2-4-6-15)23(22,28-20)16-7-9-17(24)10-8-16;4-3(5)1-6-2-7/h2-10,13-14,18,26H,11-12H2,1H3;2-3H,1H2,(H,6,7). The highest BCUT2D eigenvalue weighted by Crippen LogP contribution is 2.67. The molecule has 3 atom stereocenters. The van der Waals surface area contributed by atoms with E-state index in [1.165, 1.54) is 0 Å². The maximum Gasteiger partial charge on any atom is 0.255 e. The summed E-state index contributed by atoms with van der Waals surface area (Å²) in [5.74, 6) is 1.15. The number of alkyl halides is 2. The fourth-order valence-electron chi connectivity index (χ4n) is 5.15. The summed E-state index contributed by atoms with van der Waals surface area (Å²) in [4.78, 5) is 13.5. The van der Waals surface area contributed by atoms with Crippen molar-refractivity contribution >= 4 is 22.3 Å². The van der Waals surface area contributed by atoms with Crippen LogP contribution in [0, 0.1) is 0 Å². The molecule has 1 aliphatic carbocycles. The van der Waals surface area contributed by atoms with Gasteiger partial charge in [0.1, 0.15) is 17.1 Å². The zero-order valence-electron chi connectivity index (χ0n) is 19.0. The molecule has 5 rings (SSSR count). The number of hydrogen-bond acceptors (Lipinski definition) is 5. The molecule has 2 aromatic carbocycles. The number of rotatable bonds is 6. The first-order valence-electron chi connectivity index (χ1n) is 11.1. The van der Waals surface area contributed by atoms with Gasteiger partial charge in [-0.1, -0.05) is 58.4 Å². The quantitative estimate of drug-likeness (QED) is 0.429. The number of amides is 1. The maximum absolute atomic E-state index is 12.2. The number of nitrogens with one attached hydrogen (secondary N) is 1. The van der Waals surface area contributed by atoms with Crippen molar-refractivity contribution in [1.82, 2.24) is 10.3 Å². The lowest BCUT2D eigenvalue weighted by atomic mass is 9.72. The van der Waals surface area contributed by atoms with Gasteiger partial charge in [0.15, 0.2) is 5.60 Å². The van der Waals surface area contributed by atoms with Gasteiger partial charge in [-0.05, 0) is 36.1 Å². The van der Waals surface area contributed by atoms with Crippen molar-refractivity contribution < 1.29 is 28.2 Å². The fraction of sp³-hybridized carbons (Fsp3) is 0.308. The van der Waals surface area contributed by atoms with Gasteiger partial charge < -0.3 is 19.9 Å². The highest BCUT2D eigenvalue weighted by Gasteiger charge is 2.69. The van der Waals surface area contributed by atoms with E-state index < -0.39 is 24.2 Å². The van der Waals surface area contributed by atoms with Crippen LogP contribution in [-0.4, -0.2) is 36.6 Å². The normalized spacial score (nSPS) is 24.0. The molecule has 2 aliphatic rings. The predicted octanol–water partition coefficient (Wildman–Crippen LogP) is 4.90. The molecule has 3 aromatic rings. The Labute approximate surface area is 210 Å². The van der Waals surface area contributed by atoms with Crippen molar-refractivity contribution in [1.29, 1.82) is 0 Å². The van der Waals surface area contributed by atoms with Crippen LogP contribution in [0.1, 0.15) is 35.4 Å². The zero-order chi connectivity index (χ0) is 25.1. The van der Waals surface area contributed by atoms with Gasteiger partial charge in [0.25, 0.3) is 6.43 Å². The first kappa shape index (κ1) is 25.1. The van der Waals surface area contributed by atoms with Crippen LogP contribution in [0.2, 0.25) is 0 Å². The van der Waals surface area contributed by atoms with E-state index in [1.54, 1.807) is 19.5 Å². The van der Waals surface area contributed by atoms with Gasteiger partial charge >= 0.3 is 0 Å². The number of aliphatic hydroxyl groups is 1. The number of aromatic nitrogens is 1. The number of pyridine rings is 1.